The number of carbonyl (C=O) groups is 1. The Labute approximate surface area is 75.1 Å². The zero-order valence-corrected chi connectivity index (χ0v) is 8.27. The normalized spacial score (nSPS) is 11.9. The van der Waals surface area contributed by atoms with Crippen LogP contribution in [0.4, 0.5) is 0 Å². The fourth-order valence-corrected chi connectivity index (χ4v) is 0.956. The molecule has 0 unspecified atom stereocenters. The summed E-state index contributed by atoms with van der Waals surface area (Å²) in [6.07, 6.45) is 2.20. The molecule has 0 N–H and O–H groups in total. The fraction of sp³-hybridized carbons (Fsp3) is 0.375. The third-order valence-corrected chi connectivity index (χ3v) is 1.67. The second-order valence-electron chi connectivity index (χ2n) is 2.00. The molecule has 0 saturated carbocycles. The monoisotopic (exact) mass is 218 g/mol. The van der Waals surface area contributed by atoms with E-state index in [0.29, 0.717) is 12.0 Å². The van der Waals surface area contributed by atoms with Gasteiger partial charge in [0.25, 0.3) is 0 Å². The Kier molecular flexibility index (Phi) is 4.86. The molecule has 0 radical (unpaired) electrons. The van der Waals surface area contributed by atoms with Crippen LogP contribution < -0.4 is 0 Å². The van der Waals surface area contributed by atoms with Crippen molar-refractivity contribution in [3.8, 4) is 0 Å². The van der Waals surface area contributed by atoms with Crippen molar-refractivity contribution in [2.45, 2.75) is 13.3 Å². The van der Waals surface area contributed by atoms with Gasteiger partial charge in [-0.05, 0) is 13.3 Å². The summed E-state index contributed by atoms with van der Waals surface area (Å²) < 4.78 is 5.35. The third kappa shape index (κ3) is 3.37. The van der Waals surface area contributed by atoms with Gasteiger partial charge in [0.2, 0.25) is 0 Å². The molecule has 0 saturated heterocycles. The first-order valence-corrected chi connectivity index (χ1v) is 3.97. The van der Waals surface area contributed by atoms with Crippen LogP contribution in [0.5, 0.6) is 0 Å². The molecular formula is C8H11BrO2. The zero-order chi connectivity index (χ0) is 8.85. The van der Waals surface area contributed by atoms with E-state index in [0.717, 1.165) is 4.48 Å². The first kappa shape index (κ1) is 10.4. The molecule has 0 aliphatic rings. The summed E-state index contributed by atoms with van der Waals surface area (Å²) >= 11 is 3.21. The summed E-state index contributed by atoms with van der Waals surface area (Å²) in [7, 11) is 1.36. The van der Waals surface area contributed by atoms with Crippen LogP contribution in [0.15, 0.2) is 22.7 Å². The molecule has 0 aromatic heterocycles. The van der Waals surface area contributed by atoms with Gasteiger partial charge in [-0.25, -0.2) is 4.79 Å². The second-order valence-corrected chi connectivity index (χ2v) is 3.19. The topological polar surface area (TPSA) is 26.3 Å². The van der Waals surface area contributed by atoms with Gasteiger partial charge in [0, 0.05) is 4.48 Å². The number of hydrogen-bond acceptors (Lipinski definition) is 2. The van der Waals surface area contributed by atoms with Crippen molar-refractivity contribution in [1.82, 2.24) is 0 Å². The van der Waals surface area contributed by atoms with Gasteiger partial charge in [-0.3, -0.25) is 0 Å². The van der Waals surface area contributed by atoms with Crippen molar-refractivity contribution in [3.05, 3.63) is 22.7 Å². The molecule has 0 amide bonds. The van der Waals surface area contributed by atoms with Crippen LogP contribution in [0.2, 0.25) is 0 Å². The SMILES string of the molecule is C=CC/C(C(=O)OC)=C(/C)Br. The Morgan fingerprint density at radius 3 is 2.55 bits per heavy atom. The second kappa shape index (κ2) is 5.13. The van der Waals surface area contributed by atoms with E-state index < -0.39 is 0 Å². The van der Waals surface area contributed by atoms with Crippen molar-refractivity contribution < 1.29 is 9.53 Å². The molecule has 0 aliphatic heterocycles. The van der Waals surface area contributed by atoms with Crippen LogP contribution in [0.1, 0.15) is 13.3 Å². The van der Waals surface area contributed by atoms with Crippen LogP contribution in [0.25, 0.3) is 0 Å². The maximum atomic E-state index is 11.0. The first-order valence-electron chi connectivity index (χ1n) is 3.18. The number of carbonyl (C=O) groups excluding carboxylic acids is 1. The van der Waals surface area contributed by atoms with E-state index in [1.807, 2.05) is 0 Å². The lowest BCUT2D eigenvalue weighted by Gasteiger charge is -2.02. The van der Waals surface area contributed by atoms with E-state index in [9.17, 15) is 4.79 Å². The van der Waals surface area contributed by atoms with Crippen molar-refractivity contribution in [2.24, 2.45) is 0 Å². The van der Waals surface area contributed by atoms with Gasteiger partial charge in [0.05, 0.1) is 12.7 Å². The molecule has 0 bridgehead atoms. The van der Waals surface area contributed by atoms with Crippen LogP contribution in [-0.2, 0) is 9.53 Å². The lowest BCUT2D eigenvalue weighted by Crippen LogP contribution is -2.04. The Bertz CT molecular complexity index is 190. The van der Waals surface area contributed by atoms with Gasteiger partial charge < -0.3 is 4.74 Å². The average Bonchev–Trinajstić information content (AvgIpc) is 1.98. The standard InChI is InChI=1S/C8H11BrO2/c1-4-5-7(6(2)9)8(10)11-3/h4H,1,5H2,2-3H3/b7-6+. The predicted molar refractivity (Wildman–Crippen MR) is 48.5 cm³/mol. The highest BCUT2D eigenvalue weighted by molar-refractivity contribution is 9.11. The average molecular weight is 219 g/mol. The first-order chi connectivity index (χ1) is 5.13. The lowest BCUT2D eigenvalue weighted by molar-refractivity contribution is -0.136. The number of hydrogen-bond donors (Lipinski definition) is 0. The van der Waals surface area contributed by atoms with Crippen LogP contribution in [0.3, 0.4) is 0 Å². The van der Waals surface area contributed by atoms with Gasteiger partial charge in [-0.15, -0.1) is 6.58 Å². The minimum absolute atomic E-state index is 0.306. The summed E-state index contributed by atoms with van der Waals surface area (Å²) in [4.78, 5) is 11.0. The van der Waals surface area contributed by atoms with Gasteiger partial charge in [0.1, 0.15) is 0 Å². The fourth-order valence-electron chi connectivity index (χ4n) is 0.632. The molecule has 0 heterocycles. The molecule has 0 fully saturated rings. The smallest absolute Gasteiger partial charge is 0.334 e. The molecule has 2 nitrogen and oxygen atoms in total. The molecule has 62 valence electrons. The van der Waals surface area contributed by atoms with E-state index in [1.54, 1.807) is 13.0 Å². The summed E-state index contributed by atoms with van der Waals surface area (Å²) in [5.74, 6) is -0.306. The van der Waals surface area contributed by atoms with Crippen LogP contribution in [0, 0.1) is 0 Å². The molecule has 0 rings (SSSR count). The van der Waals surface area contributed by atoms with Gasteiger partial charge in [-0.2, -0.15) is 0 Å². The molecule has 0 aromatic carbocycles. The number of ether oxygens (including phenoxy) is 1. The summed E-state index contributed by atoms with van der Waals surface area (Å²) in [6.45, 7) is 5.34. The van der Waals surface area contributed by atoms with E-state index in [1.165, 1.54) is 7.11 Å². The van der Waals surface area contributed by atoms with Crippen LogP contribution in [-0.4, -0.2) is 13.1 Å². The van der Waals surface area contributed by atoms with E-state index in [4.69, 9.17) is 0 Å². The number of methoxy groups -OCH3 is 1. The molecule has 11 heavy (non-hydrogen) atoms. The summed E-state index contributed by atoms with van der Waals surface area (Å²) in [5, 5.41) is 0. The molecule has 3 heteroatoms. The zero-order valence-electron chi connectivity index (χ0n) is 6.69. The minimum Gasteiger partial charge on any atom is -0.466 e. The number of allylic oxidation sites excluding steroid dienone is 2. The van der Waals surface area contributed by atoms with Crippen molar-refractivity contribution in [3.63, 3.8) is 0 Å². The van der Waals surface area contributed by atoms with E-state index in [-0.39, 0.29) is 5.97 Å². The Balaban J connectivity index is 4.48. The Hall–Kier alpha value is -0.570. The maximum Gasteiger partial charge on any atom is 0.334 e. The number of halogens is 1. The molecule has 0 atom stereocenters. The highest BCUT2D eigenvalue weighted by atomic mass is 79.9. The highest BCUT2D eigenvalue weighted by Crippen LogP contribution is 2.15. The van der Waals surface area contributed by atoms with Crippen LogP contribution >= 0.6 is 15.9 Å². The minimum atomic E-state index is -0.306. The van der Waals surface area contributed by atoms with E-state index in [2.05, 4.69) is 27.2 Å². The molecule has 0 spiro atoms. The van der Waals surface area contributed by atoms with Crippen molar-refractivity contribution in [1.29, 1.82) is 0 Å². The lowest BCUT2D eigenvalue weighted by atomic mass is 10.2. The number of esters is 1. The Morgan fingerprint density at radius 1 is 1.73 bits per heavy atom. The van der Waals surface area contributed by atoms with Gasteiger partial charge in [-0.1, -0.05) is 22.0 Å². The Morgan fingerprint density at radius 2 is 2.27 bits per heavy atom. The predicted octanol–water partition coefficient (Wildman–Crippen LogP) is 2.40. The van der Waals surface area contributed by atoms with Crippen molar-refractivity contribution >= 4 is 21.9 Å². The molecule has 0 aliphatic carbocycles. The molecular weight excluding hydrogens is 208 g/mol. The van der Waals surface area contributed by atoms with Gasteiger partial charge >= 0.3 is 5.97 Å². The third-order valence-electron chi connectivity index (χ3n) is 1.20. The highest BCUT2D eigenvalue weighted by Gasteiger charge is 2.09. The van der Waals surface area contributed by atoms with Gasteiger partial charge in [0.15, 0.2) is 0 Å². The maximum absolute atomic E-state index is 11.0. The van der Waals surface area contributed by atoms with E-state index >= 15 is 0 Å². The molecule has 0 aromatic rings. The summed E-state index contributed by atoms with van der Waals surface area (Å²) in [5.41, 5.74) is 0.613. The number of rotatable bonds is 3. The quantitative estimate of drug-likeness (QED) is 0.414. The summed E-state index contributed by atoms with van der Waals surface area (Å²) in [6, 6.07) is 0. The largest absolute Gasteiger partial charge is 0.466 e. The van der Waals surface area contributed by atoms with Crippen molar-refractivity contribution in [2.75, 3.05) is 7.11 Å².